The highest BCUT2D eigenvalue weighted by molar-refractivity contribution is 5.82. The number of benzene rings is 1. The lowest BCUT2D eigenvalue weighted by molar-refractivity contribution is -0.563. The van der Waals surface area contributed by atoms with E-state index < -0.39 is 0 Å². The lowest BCUT2D eigenvalue weighted by Gasteiger charge is -2.57. The number of fused-ring (bicyclic) bond motifs is 1. The number of ether oxygens (including phenoxy) is 1. The van der Waals surface area contributed by atoms with E-state index in [0.29, 0.717) is 5.41 Å². The van der Waals surface area contributed by atoms with Gasteiger partial charge in [-0.2, -0.15) is 0 Å². The molecular formula is C25H34NO+. The van der Waals surface area contributed by atoms with Crippen LogP contribution < -0.4 is 4.74 Å². The summed E-state index contributed by atoms with van der Waals surface area (Å²) in [7, 11) is 0. The summed E-state index contributed by atoms with van der Waals surface area (Å²) in [6, 6.07) is 7.00. The molecule has 0 N–H and O–H groups in total. The maximum absolute atomic E-state index is 6.49. The molecule has 5 saturated carbocycles. The van der Waals surface area contributed by atoms with Gasteiger partial charge < -0.3 is 4.74 Å². The van der Waals surface area contributed by atoms with Gasteiger partial charge in [0.2, 0.25) is 0 Å². The van der Waals surface area contributed by atoms with Gasteiger partial charge in [0.1, 0.15) is 12.3 Å². The van der Waals surface area contributed by atoms with Crippen molar-refractivity contribution in [3.63, 3.8) is 0 Å². The van der Waals surface area contributed by atoms with Gasteiger partial charge in [0.25, 0.3) is 6.73 Å². The third-order valence-corrected chi connectivity index (χ3v) is 8.57. The molecule has 1 aromatic carbocycles. The van der Waals surface area contributed by atoms with Crippen molar-refractivity contribution in [1.82, 2.24) is 0 Å². The first kappa shape index (κ1) is 16.6. The summed E-state index contributed by atoms with van der Waals surface area (Å²) in [5.41, 5.74) is 3.33. The SMILES string of the molecule is C1=[N+](CC2CCCCC2)COc2c1cccc2C12CC3CC(CC(C3)C1)C2. The van der Waals surface area contributed by atoms with Crippen LogP contribution in [0.25, 0.3) is 0 Å². The summed E-state index contributed by atoms with van der Waals surface area (Å²) in [6.07, 6.45) is 18.3. The molecule has 5 fully saturated rings. The van der Waals surface area contributed by atoms with Gasteiger partial charge in [-0.15, -0.1) is 0 Å². The van der Waals surface area contributed by atoms with Crippen molar-refractivity contribution in [1.29, 1.82) is 0 Å². The Morgan fingerprint density at radius 1 is 0.926 bits per heavy atom. The van der Waals surface area contributed by atoms with Gasteiger partial charge in [-0.25, -0.2) is 4.58 Å². The lowest BCUT2D eigenvalue weighted by atomic mass is 9.48. The number of nitrogens with zero attached hydrogens (tertiary/aromatic N) is 1. The lowest BCUT2D eigenvalue weighted by Crippen LogP contribution is -2.49. The quantitative estimate of drug-likeness (QED) is 0.644. The van der Waals surface area contributed by atoms with Crippen molar-refractivity contribution in [3.05, 3.63) is 29.3 Å². The fraction of sp³-hybridized carbons (Fsp3) is 0.720. The normalized spacial score (nSPS) is 37.6. The van der Waals surface area contributed by atoms with E-state index in [1.807, 2.05) is 0 Å². The van der Waals surface area contributed by atoms with Crippen LogP contribution in [0.1, 0.15) is 81.8 Å². The maximum atomic E-state index is 6.49. The van der Waals surface area contributed by atoms with Crippen LogP contribution in [0.5, 0.6) is 5.75 Å². The molecule has 1 heterocycles. The van der Waals surface area contributed by atoms with Gasteiger partial charge in [-0.1, -0.05) is 31.4 Å². The Morgan fingerprint density at radius 3 is 2.33 bits per heavy atom. The zero-order valence-electron chi connectivity index (χ0n) is 16.7. The molecule has 0 unspecified atom stereocenters. The number of hydrogen-bond donors (Lipinski definition) is 0. The molecule has 144 valence electrons. The van der Waals surface area contributed by atoms with Crippen LogP contribution >= 0.6 is 0 Å². The summed E-state index contributed by atoms with van der Waals surface area (Å²) < 4.78 is 8.94. The van der Waals surface area contributed by atoms with Gasteiger partial charge in [-0.3, -0.25) is 0 Å². The van der Waals surface area contributed by atoms with Gasteiger partial charge in [0.15, 0.2) is 6.21 Å². The number of rotatable bonds is 3. The highest BCUT2D eigenvalue weighted by Crippen LogP contribution is 2.62. The van der Waals surface area contributed by atoms with Crippen LogP contribution in [0, 0.1) is 23.7 Å². The van der Waals surface area contributed by atoms with Crippen molar-refractivity contribution in [2.45, 2.75) is 76.0 Å². The average Bonchev–Trinajstić information content (AvgIpc) is 2.67. The number of hydrogen-bond acceptors (Lipinski definition) is 1. The maximum Gasteiger partial charge on any atom is 0.287 e. The first-order valence-electron chi connectivity index (χ1n) is 11.6. The molecule has 6 aliphatic rings. The van der Waals surface area contributed by atoms with Crippen molar-refractivity contribution in [2.24, 2.45) is 23.7 Å². The Hall–Kier alpha value is -1.31. The Bertz CT molecular complexity index is 722. The molecule has 0 spiro atoms. The Labute approximate surface area is 164 Å². The van der Waals surface area contributed by atoms with E-state index in [-0.39, 0.29) is 0 Å². The van der Waals surface area contributed by atoms with Crippen LogP contribution in [0.3, 0.4) is 0 Å². The minimum Gasteiger partial charge on any atom is -0.435 e. The van der Waals surface area contributed by atoms with E-state index in [1.54, 1.807) is 5.56 Å². The largest absolute Gasteiger partial charge is 0.435 e. The fourth-order valence-corrected chi connectivity index (χ4v) is 7.86. The predicted molar refractivity (Wildman–Crippen MR) is 109 cm³/mol. The number of para-hydroxylation sites is 1. The molecule has 0 aromatic heterocycles. The molecule has 1 aromatic rings. The molecule has 1 aliphatic heterocycles. The van der Waals surface area contributed by atoms with Crippen LogP contribution in [0.4, 0.5) is 0 Å². The van der Waals surface area contributed by atoms with Crippen molar-refractivity contribution >= 4 is 6.21 Å². The van der Waals surface area contributed by atoms with E-state index in [1.165, 1.54) is 88.5 Å². The second-order valence-corrected chi connectivity index (χ2v) is 10.6. The first-order valence-corrected chi connectivity index (χ1v) is 11.6. The second-order valence-electron chi connectivity index (χ2n) is 10.6. The smallest absolute Gasteiger partial charge is 0.287 e. The Morgan fingerprint density at radius 2 is 1.63 bits per heavy atom. The third-order valence-electron chi connectivity index (χ3n) is 8.57. The molecule has 0 saturated heterocycles. The van der Waals surface area contributed by atoms with Crippen molar-refractivity contribution in [3.8, 4) is 5.75 Å². The van der Waals surface area contributed by atoms with Gasteiger partial charge in [0.05, 0.1) is 5.56 Å². The van der Waals surface area contributed by atoms with Crippen molar-refractivity contribution < 1.29 is 9.31 Å². The summed E-state index contributed by atoms with van der Waals surface area (Å²) in [5, 5.41) is 0. The van der Waals surface area contributed by atoms with Gasteiger partial charge >= 0.3 is 0 Å². The molecule has 0 atom stereocenters. The van der Waals surface area contributed by atoms with E-state index >= 15 is 0 Å². The monoisotopic (exact) mass is 364 g/mol. The molecule has 0 radical (unpaired) electrons. The van der Waals surface area contributed by atoms with E-state index in [4.69, 9.17) is 4.74 Å². The molecule has 2 nitrogen and oxygen atoms in total. The van der Waals surface area contributed by atoms with Crippen molar-refractivity contribution in [2.75, 3.05) is 13.3 Å². The summed E-state index contributed by atoms with van der Waals surface area (Å²) in [6.45, 7) is 1.94. The first-order chi connectivity index (χ1) is 13.3. The zero-order chi connectivity index (χ0) is 17.8. The molecule has 0 amide bonds. The van der Waals surface area contributed by atoms with Crippen LogP contribution in [-0.2, 0) is 5.41 Å². The summed E-state index contributed by atoms with van der Waals surface area (Å²) >= 11 is 0. The highest BCUT2D eigenvalue weighted by Gasteiger charge is 2.52. The molecule has 27 heavy (non-hydrogen) atoms. The fourth-order valence-electron chi connectivity index (χ4n) is 7.86. The molecule has 7 rings (SSSR count). The molecule has 4 bridgehead atoms. The van der Waals surface area contributed by atoms with Gasteiger partial charge in [0, 0.05) is 11.5 Å². The van der Waals surface area contributed by atoms with Crippen LogP contribution in [0.15, 0.2) is 18.2 Å². The molecular weight excluding hydrogens is 330 g/mol. The third kappa shape index (κ3) is 2.86. The van der Waals surface area contributed by atoms with Gasteiger partial charge in [-0.05, 0) is 80.6 Å². The average molecular weight is 365 g/mol. The van der Waals surface area contributed by atoms with E-state index in [0.717, 1.165) is 30.4 Å². The molecule has 2 heteroatoms. The molecule has 5 aliphatic carbocycles. The van der Waals surface area contributed by atoms with E-state index in [9.17, 15) is 0 Å². The Kier molecular flexibility index (Phi) is 3.91. The second kappa shape index (κ2) is 6.36. The zero-order valence-corrected chi connectivity index (χ0v) is 16.7. The topological polar surface area (TPSA) is 12.2 Å². The minimum absolute atomic E-state index is 0.430. The summed E-state index contributed by atoms with van der Waals surface area (Å²) in [4.78, 5) is 0. The van der Waals surface area contributed by atoms with Crippen LogP contribution in [-0.4, -0.2) is 24.1 Å². The van der Waals surface area contributed by atoms with E-state index in [2.05, 4.69) is 29.0 Å². The van der Waals surface area contributed by atoms with Crippen LogP contribution in [0.2, 0.25) is 0 Å². The minimum atomic E-state index is 0.430. The predicted octanol–water partition coefficient (Wildman–Crippen LogP) is 5.52. The highest BCUT2D eigenvalue weighted by atomic mass is 16.5. The standard InChI is InChI=1S/C25H34NO/c1-2-5-18(6-3-1)15-26-16-22-7-4-8-23(24(22)27-17-26)25-12-19-9-20(13-25)11-21(10-19)14-25/h4,7-8,16,18-21H,1-3,5-6,9-15,17H2/q+1. The summed E-state index contributed by atoms with van der Waals surface area (Å²) in [5.74, 6) is 5.07. The Balaban J connectivity index is 1.30.